The van der Waals surface area contributed by atoms with Crippen LogP contribution in [0.5, 0.6) is 0 Å². The Kier molecular flexibility index (Phi) is 10.6. The van der Waals surface area contributed by atoms with E-state index < -0.39 is 24.0 Å². The third kappa shape index (κ3) is 6.78. The molecule has 0 spiro atoms. The van der Waals surface area contributed by atoms with Gasteiger partial charge in [0.15, 0.2) is 0 Å². The van der Waals surface area contributed by atoms with Crippen LogP contribution in [0.1, 0.15) is 64.7 Å². The Balaban J connectivity index is 2.80. The summed E-state index contributed by atoms with van der Waals surface area (Å²) in [6, 6.07) is -2.08. The second-order valence-electron chi connectivity index (χ2n) is 7.40. The molecule has 7 heteroatoms. The molecule has 26 heavy (non-hydrogen) atoms. The van der Waals surface area contributed by atoms with Crippen molar-refractivity contribution in [3.63, 3.8) is 0 Å². The van der Waals surface area contributed by atoms with E-state index in [1.54, 1.807) is 14.0 Å². The molecule has 1 fully saturated rings. The van der Waals surface area contributed by atoms with Crippen molar-refractivity contribution in [3.05, 3.63) is 0 Å². The first kappa shape index (κ1) is 22.7. The first-order valence-corrected chi connectivity index (χ1v) is 9.91. The smallest absolute Gasteiger partial charge is 0.246 e. The summed E-state index contributed by atoms with van der Waals surface area (Å²) in [5.41, 5.74) is 11.7. The van der Waals surface area contributed by atoms with Crippen LogP contribution >= 0.6 is 0 Å². The average molecular weight is 369 g/mol. The van der Waals surface area contributed by atoms with Gasteiger partial charge in [-0.3, -0.25) is 14.5 Å². The van der Waals surface area contributed by atoms with Gasteiger partial charge in [-0.2, -0.15) is 0 Å². The van der Waals surface area contributed by atoms with Gasteiger partial charge in [-0.1, -0.05) is 38.5 Å². The van der Waals surface area contributed by atoms with Crippen molar-refractivity contribution in [2.24, 2.45) is 17.4 Å². The number of nitrogens with zero attached hydrogens (tertiary/aromatic N) is 1. The molecule has 3 atom stereocenters. The lowest BCUT2D eigenvalue weighted by molar-refractivity contribution is -0.151. The highest BCUT2D eigenvalue weighted by Crippen LogP contribution is 2.27. The minimum absolute atomic E-state index is 0.381. The van der Waals surface area contributed by atoms with Gasteiger partial charge < -0.3 is 21.6 Å². The summed E-state index contributed by atoms with van der Waals surface area (Å²) in [4.78, 5) is 38.2. The number of imide groups is 1. The van der Waals surface area contributed by atoms with Crippen LogP contribution in [0.15, 0.2) is 0 Å². The molecule has 0 aromatic heterocycles. The van der Waals surface area contributed by atoms with E-state index in [9.17, 15) is 14.4 Å². The minimum atomic E-state index is -0.822. The normalized spacial score (nSPS) is 18.8. The number of hydrogen-bond donors (Lipinski definition) is 3. The standard InChI is InChI=1S/C19H36N4O3/c1-14(13-24)23(19(26)17(22-2)10-6-7-11-20)18(25)16(21)12-15-8-4-3-5-9-15/h13-17,22H,3-12,20-21H2,1-2H3/t14-,16-,17-/m0/s1. The average Bonchev–Trinajstić information content (AvgIpc) is 2.65. The number of carbonyl (C=O) groups is 3. The first-order chi connectivity index (χ1) is 12.5. The summed E-state index contributed by atoms with van der Waals surface area (Å²) in [5, 5.41) is 2.95. The second-order valence-corrected chi connectivity index (χ2v) is 7.40. The van der Waals surface area contributed by atoms with Crippen LogP contribution in [0.2, 0.25) is 0 Å². The molecule has 1 aliphatic rings. The minimum Gasteiger partial charge on any atom is -0.330 e. The number of carbonyl (C=O) groups excluding carboxylic acids is 3. The van der Waals surface area contributed by atoms with Gasteiger partial charge >= 0.3 is 0 Å². The molecule has 0 aromatic carbocycles. The molecule has 1 rings (SSSR count). The summed E-state index contributed by atoms with van der Waals surface area (Å²) in [6.45, 7) is 2.12. The Morgan fingerprint density at radius 1 is 1.19 bits per heavy atom. The SMILES string of the molecule is CN[C@@H](CCCCN)C(=O)N(C(=O)[C@@H](N)CC1CCCCC1)[C@@H](C)C=O. The molecule has 150 valence electrons. The predicted molar refractivity (Wildman–Crippen MR) is 102 cm³/mol. The number of unbranched alkanes of at least 4 members (excludes halogenated alkanes) is 1. The molecule has 0 bridgehead atoms. The van der Waals surface area contributed by atoms with E-state index in [1.807, 2.05) is 0 Å². The maximum absolute atomic E-state index is 12.9. The Labute approximate surface area is 157 Å². The maximum Gasteiger partial charge on any atom is 0.246 e. The Hall–Kier alpha value is -1.31. The molecular formula is C19H36N4O3. The van der Waals surface area contributed by atoms with Gasteiger partial charge in [0, 0.05) is 0 Å². The number of amides is 2. The van der Waals surface area contributed by atoms with Gasteiger partial charge in [0.25, 0.3) is 0 Å². The lowest BCUT2D eigenvalue weighted by Gasteiger charge is -2.31. The molecule has 0 heterocycles. The number of likely N-dealkylation sites (N-methyl/N-ethyl adjacent to an activating group) is 1. The van der Waals surface area contributed by atoms with E-state index in [0.29, 0.717) is 31.6 Å². The molecule has 0 unspecified atom stereocenters. The molecule has 0 saturated heterocycles. The quantitative estimate of drug-likeness (QED) is 0.369. The molecule has 1 saturated carbocycles. The highest BCUT2D eigenvalue weighted by atomic mass is 16.2. The predicted octanol–water partition coefficient (Wildman–Crippen LogP) is 0.944. The maximum atomic E-state index is 12.9. The number of aldehydes is 1. The number of nitrogens with one attached hydrogen (secondary N) is 1. The zero-order valence-electron chi connectivity index (χ0n) is 16.3. The van der Waals surface area contributed by atoms with Crippen molar-refractivity contribution in [2.45, 2.75) is 82.8 Å². The second kappa shape index (κ2) is 12.1. The van der Waals surface area contributed by atoms with E-state index in [2.05, 4.69) is 5.32 Å². The molecule has 7 nitrogen and oxygen atoms in total. The van der Waals surface area contributed by atoms with Crippen LogP contribution in [0.4, 0.5) is 0 Å². The Bertz CT molecular complexity index is 452. The van der Waals surface area contributed by atoms with E-state index in [1.165, 1.54) is 19.3 Å². The molecular weight excluding hydrogens is 332 g/mol. The van der Waals surface area contributed by atoms with Crippen molar-refractivity contribution in [1.82, 2.24) is 10.2 Å². The van der Waals surface area contributed by atoms with Crippen LogP contribution in [0.3, 0.4) is 0 Å². The van der Waals surface area contributed by atoms with Crippen LogP contribution < -0.4 is 16.8 Å². The largest absolute Gasteiger partial charge is 0.330 e. The van der Waals surface area contributed by atoms with Crippen LogP contribution in [0, 0.1) is 5.92 Å². The number of rotatable bonds is 11. The summed E-state index contributed by atoms with van der Waals surface area (Å²) in [5.74, 6) is -0.400. The summed E-state index contributed by atoms with van der Waals surface area (Å²) in [7, 11) is 1.68. The highest BCUT2D eigenvalue weighted by molar-refractivity contribution is 6.02. The lowest BCUT2D eigenvalue weighted by atomic mass is 9.84. The van der Waals surface area contributed by atoms with Crippen LogP contribution in [-0.2, 0) is 14.4 Å². The van der Waals surface area contributed by atoms with Crippen molar-refractivity contribution >= 4 is 18.1 Å². The molecule has 1 aliphatic carbocycles. The molecule has 0 radical (unpaired) electrons. The van der Waals surface area contributed by atoms with E-state index in [4.69, 9.17) is 11.5 Å². The topological polar surface area (TPSA) is 119 Å². The number of nitrogens with two attached hydrogens (primary N) is 2. The van der Waals surface area contributed by atoms with E-state index in [0.717, 1.165) is 30.6 Å². The first-order valence-electron chi connectivity index (χ1n) is 9.91. The highest BCUT2D eigenvalue weighted by Gasteiger charge is 2.35. The van der Waals surface area contributed by atoms with Gasteiger partial charge in [-0.15, -0.1) is 0 Å². The van der Waals surface area contributed by atoms with Gasteiger partial charge in [0.05, 0.1) is 18.1 Å². The fourth-order valence-corrected chi connectivity index (χ4v) is 3.68. The van der Waals surface area contributed by atoms with E-state index in [-0.39, 0.29) is 5.91 Å². The summed E-state index contributed by atoms with van der Waals surface area (Å²) < 4.78 is 0. The Morgan fingerprint density at radius 3 is 2.38 bits per heavy atom. The van der Waals surface area contributed by atoms with Gasteiger partial charge in [-0.05, 0) is 45.7 Å². The van der Waals surface area contributed by atoms with Crippen molar-refractivity contribution < 1.29 is 14.4 Å². The fourth-order valence-electron chi connectivity index (χ4n) is 3.68. The molecule has 5 N–H and O–H groups in total. The van der Waals surface area contributed by atoms with Crippen LogP contribution in [0.25, 0.3) is 0 Å². The third-order valence-electron chi connectivity index (χ3n) is 5.30. The third-order valence-corrected chi connectivity index (χ3v) is 5.30. The van der Waals surface area contributed by atoms with Crippen molar-refractivity contribution in [3.8, 4) is 0 Å². The fraction of sp³-hybridized carbons (Fsp3) is 0.842. The lowest BCUT2D eigenvalue weighted by Crippen LogP contribution is -2.56. The number of hydrogen-bond acceptors (Lipinski definition) is 6. The molecule has 2 amide bonds. The van der Waals surface area contributed by atoms with Gasteiger partial charge in [0.2, 0.25) is 11.8 Å². The zero-order chi connectivity index (χ0) is 19.5. The monoisotopic (exact) mass is 368 g/mol. The molecule has 0 aromatic rings. The zero-order valence-corrected chi connectivity index (χ0v) is 16.3. The van der Waals surface area contributed by atoms with Crippen LogP contribution in [-0.4, -0.2) is 54.7 Å². The Morgan fingerprint density at radius 2 is 1.85 bits per heavy atom. The van der Waals surface area contributed by atoms with Gasteiger partial charge in [-0.25, -0.2) is 0 Å². The molecule has 0 aliphatic heterocycles. The van der Waals surface area contributed by atoms with Gasteiger partial charge in [0.1, 0.15) is 6.29 Å². The summed E-state index contributed by atoms with van der Waals surface area (Å²) in [6.07, 6.45) is 9.08. The van der Waals surface area contributed by atoms with E-state index >= 15 is 0 Å². The van der Waals surface area contributed by atoms with Crippen molar-refractivity contribution in [1.29, 1.82) is 0 Å². The summed E-state index contributed by atoms with van der Waals surface area (Å²) >= 11 is 0. The van der Waals surface area contributed by atoms with Crippen molar-refractivity contribution in [2.75, 3.05) is 13.6 Å².